The number of unbranched alkanes of at least 4 members (excludes halogenated alkanes) is 2. The Balaban J connectivity index is 2.33. The summed E-state index contributed by atoms with van der Waals surface area (Å²) < 4.78 is 11.0. The van der Waals surface area contributed by atoms with E-state index in [2.05, 4.69) is 38.2 Å². The number of methoxy groups -OCH3 is 1. The molecule has 4 heteroatoms. The van der Waals surface area contributed by atoms with Crippen LogP contribution in [0.2, 0.25) is 0 Å². The molecule has 0 aliphatic heterocycles. The largest absolute Gasteiger partial charge is 0.493 e. The van der Waals surface area contributed by atoms with Crippen LogP contribution in [0.5, 0.6) is 11.5 Å². The Morgan fingerprint density at radius 3 is 2.72 bits per heavy atom. The van der Waals surface area contributed by atoms with Gasteiger partial charge in [-0.25, -0.2) is 0 Å². The van der Waals surface area contributed by atoms with Gasteiger partial charge in [0.25, 0.3) is 0 Å². The van der Waals surface area contributed by atoms with Gasteiger partial charge in [-0.2, -0.15) is 0 Å². The van der Waals surface area contributed by atoms with Gasteiger partial charge < -0.3 is 14.8 Å². The third kappa shape index (κ3) is 9.18. The number of carbonyl (C=O) groups excluding carboxylic acids is 1. The Labute approximate surface area is 152 Å². The van der Waals surface area contributed by atoms with E-state index in [0.29, 0.717) is 31.2 Å². The summed E-state index contributed by atoms with van der Waals surface area (Å²) in [6, 6.07) is 5.78. The molecule has 0 aliphatic rings. The lowest BCUT2D eigenvalue weighted by atomic mass is 10.1. The van der Waals surface area contributed by atoms with E-state index >= 15 is 0 Å². The smallest absolute Gasteiger partial charge is 0.220 e. The van der Waals surface area contributed by atoms with E-state index in [4.69, 9.17) is 9.47 Å². The normalized spacial score (nSPS) is 11.1. The second kappa shape index (κ2) is 12.4. The van der Waals surface area contributed by atoms with Gasteiger partial charge in [0.1, 0.15) is 0 Å². The second-order valence-electron chi connectivity index (χ2n) is 6.53. The first-order chi connectivity index (χ1) is 12.1. The van der Waals surface area contributed by atoms with Gasteiger partial charge in [0.15, 0.2) is 11.5 Å². The minimum Gasteiger partial charge on any atom is -0.493 e. The van der Waals surface area contributed by atoms with Crippen LogP contribution >= 0.6 is 0 Å². The highest BCUT2D eigenvalue weighted by molar-refractivity contribution is 5.75. The molecule has 0 radical (unpaired) electrons. The number of ether oxygens (including phenoxy) is 2. The molecule has 1 aromatic rings. The monoisotopic (exact) mass is 347 g/mol. The van der Waals surface area contributed by atoms with Gasteiger partial charge in [0.05, 0.1) is 13.7 Å². The third-order valence-corrected chi connectivity index (χ3v) is 3.73. The summed E-state index contributed by atoms with van der Waals surface area (Å²) in [7, 11) is 1.63. The van der Waals surface area contributed by atoms with E-state index in [1.165, 1.54) is 0 Å². The first-order valence-electron chi connectivity index (χ1n) is 9.29. The first-order valence-corrected chi connectivity index (χ1v) is 9.29. The van der Waals surface area contributed by atoms with Gasteiger partial charge in [0.2, 0.25) is 5.91 Å². The van der Waals surface area contributed by atoms with Crippen molar-refractivity contribution in [3.8, 4) is 11.5 Å². The molecule has 25 heavy (non-hydrogen) atoms. The second-order valence-corrected chi connectivity index (χ2v) is 6.53. The highest BCUT2D eigenvalue weighted by Crippen LogP contribution is 2.28. The summed E-state index contributed by atoms with van der Waals surface area (Å²) >= 11 is 0. The van der Waals surface area contributed by atoms with Crippen molar-refractivity contribution in [1.82, 2.24) is 5.32 Å². The van der Waals surface area contributed by atoms with Crippen molar-refractivity contribution in [2.24, 2.45) is 5.92 Å². The predicted molar refractivity (Wildman–Crippen MR) is 103 cm³/mol. The lowest BCUT2D eigenvalue weighted by Gasteiger charge is -2.12. The van der Waals surface area contributed by atoms with Crippen LogP contribution in [0.3, 0.4) is 0 Å². The van der Waals surface area contributed by atoms with Crippen molar-refractivity contribution in [2.75, 3.05) is 13.7 Å². The fourth-order valence-electron chi connectivity index (χ4n) is 2.36. The summed E-state index contributed by atoms with van der Waals surface area (Å²) in [5.74, 6) is 2.14. The van der Waals surface area contributed by atoms with Crippen molar-refractivity contribution in [3.63, 3.8) is 0 Å². The minimum absolute atomic E-state index is 0.0955. The average Bonchev–Trinajstić information content (AvgIpc) is 2.61. The number of nitrogens with one attached hydrogen (secondary N) is 1. The Kier molecular flexibility index (Phi) is 10.5. The predicted octanol–water partition coefficient (Wildman–Crippen LogP) is 4.87. The number of allylic oxidation sites excluding steroid dienone is 2. The number of hydrogen-bond donors (Lipinski definition) is 1. The van der Waals surface area contributed by atoms with Gasteiger partial charge in [-0.15, -0.1) is 0 Å². The Morgan fingerprint density at radius 1 is 1.24 bits per heavy atom. The molecule has 1 amide bonds. The Hall–Kier alpha value is -1.97. The molecule has 0 aliphatic carbocycles. The molecule has 0 saturated carbocycles. The zero-order chi connectivity index (χ0) is 18.5. The number of amides is 1. The van der Waals surface area contributed by atoms with Crippen LogP contribution in [0, 0.1) is 5.92 Å². The van der Waals surface area contributed by atoms with Gasteiger partial charge in [-0.1, -0.05) is 39.0 Å². The fourth-order valence-corrected chi connectivity index (χ4v) is 2.36. The molecule has 0 unspecified atom stereocenters. The topological polar surface area (TPSA) is 47.6 Å². The van der Waals surface area contributed by atoms with E-state index in [1.54, 1.807) is 7.11 Å². The molecule has 0 fully saturated rings. The summed E-state index contributed by atoms with van der Waals surface area (Å²) in [4.78, 5) is 11.9. The maximum Gasteiger partial charge on any atom is 0.220 e. The van der Waals surface area contributed by atoms with Gasteiger partial charge >= 0.3 is 0 Å². The Morgan fingerprint density at radius 2 is 2.04 bits per heavy atom. The molecule has 4 nitrogen and oxygen atoms in total. The highest BCUT2D eigenvalue weighted by atomic mass is 16.5. The van der Waals surface area contributed by atoms with E-state index in [1.807, 2.05) is 18.2 Å². The van der Waals surface area contributed by atoms with Crippen LogP contribution in [-0.2, 0) is 11.3 Å². The third-order valence-electron chi connectivity index (χ3n) is 3.73. The van der Waals surface area contributed by atoms with Crippen LogP contribution in [-0.4, -0.2) is 19.6 Å². The summed E-state index contributed by atoms with van der Waals surface area (Å²) in [6.07, 6.45) is 8.95. The van der Waals surface area contributed by atoms with E-state index in [9.17, 15) is 4.79 Å². The van der Waals surface area contributed by atoms with Crippen molar-refractivity contribution >= 4 is 5.91 Å². The molecule has 0 atom stereocenters. The van der Waals surface area contributed by atoms with E-state index in [0.717, 1.165) is 37.0 Å². The lowest BCUT2D eigenvalue weighted by Crippen LogP contribution is -2.22. The maximum absolute atomic E-state index is 11.9. The zero-order valence-corrected chi connectivity index (χ0v) is 16.1. The van der Waals surface area contributed by atoms with Gasteiger partial charge in [0, 0.05) is 13.0 Å². The fraction of sp³-hybridized carbons (Fsp3) is 0.571. The molecule has 0 bridgehead atoms. The van der Waals surface area contributed by atoms with E-state index < -0.39 is 0 Å². The number of rotatable bonds is 12. The molecule has 0 spiro atoms. The molecule has 140 valence electrons. The van der Waals surface area contributed by atoms with Crippen LogP contribution in [0.4, 0.5) is 0 Å². The molecule has 1 N–H and O–H groups in total. The summed E-state index contributed by atoms with van der Waals surface area (Å²) in [5, 5.41) is 2.97. The van der Waals surface area contributed by atoms with Gasteiger partial charge in [-0.05, 0) is 49.3 Å². The number of carbonyl (C=O) groups is 1. The van der Waals surface area contributed by atoms with Crippen LogP contribution < -0.4 is 14.8 Å². The zero-order valence-electron chi connectivity index (χ0n) is 16.1. The summed E-state index contributed by atoms with van der Waals surface area (Å²) in [6.45, 7) is 7.58. The average molecular weight is 347 g/mol. The maximum atomic E-state index is 11.9. The van der Waals surface area contributed by atoms with Crippen LogP contribution in [0.1, 0.15) is 58.4 Å². The molecule has 0 saturated heterocycles. The molecule has 1 rings (SSSR count). The van der Waals surface area contributed by atoms with E-state index in [-0.39, 0.29) is 5.91 Å². The molecule has 1 aromatic carbocycles. The highest BCUT2D eigenvalue weighted by Gasteiger charge is 2.07. The van der Waals surface area contributed by atoms with Crippen molar-refractivity contribution in [1.29, 1.82) is 0 Å². The molecule has 0 aromatic heterocycles. The van der Waals surface area contributed by atoms with Crippen molar-refractivity contribution < 1.29 is 14.3 Å². The quantitative estimate of drug-likeness (QED) is 0.433. The van der Waals surface area contributed by atoms with Crippen LogP contribution in [0.25, 0.3) is 0 Å². The number of hydrogen-bond acceptors (Lipinski definition) is 3. The molecular formula is C21H33NO3. The summed E-state index contributed by atoms with van der Waals surface area (Å²) in [5.41, 5.74) is 1.01. The lowest BCUT2D eigenvalue weighted by molar-refractivity contribution is -0.121. The van der Waals surface area contributed by atoms with Crippen LogP contribution in [0.15, 0.2) is 30.4 Å². The standard InChI is InChI=1S/C21H33NO3/c1-5-14-25-19-13-12-18(15-20(19)24-4)16-22-21(23)11-9-7-6-8-10-17(2)3/h8,10,12-13,15,17H,5-7,9,11,14,16H2,1-4H3,(H,22,23)/b10-8+. The Bertz CT molecular complexity index is 538. The number of benzene rings is 1. The SMILES string of the molecule is CCCOc1ccc(CNC(=O)CCCC/C=C/C(C)C)cc1OC. The molecular weight excluding hydrogens is 314 g/mol. The first kappa shape index (κ1) is 21.1. The van der Waals surface area contributed by atoms with Gasteiger partial charge in [-0.3, -0.25) is 4.79 Å². The van der Waals surface area contributed by atoms with Crippen molar-refractivity contribution in [3.05, 3.63) is 35.9 Å². The molecule has 0 heterocycles. The van der Waals surface area contributed by atoms with Crippen molar-refractivity contribution in [2.45, 2.75) is 59.4 Å². The minimum atomic E-state index is 0.0955.